The maximum atomic E-state index is 13.3. The molecule has 1 aromatic heterocycles. The molecule has 7 heteroatoms. The zero-order chi connectivity index (χ0) is 26.6. The smallest absolute Gasteiger partial charge is 0.295 e. The zero-order valence-corrected chi connectivity index (χ0v) is 22.8. The SMILES string of the molecule is Cc1cccc(COc2ccc(/C(O)=C3\C(=O)C(=O)N(Cc4cccnc4)C3c3ccc(I)cc3)cc2)c1. The number of ether oxygens (including phenoxy) is 1. The normalized spacial score (nSPS) is 16.6. The number of carbonyl (C=O) groups is 2. The molecule has 5 rings (SSSR count). The molecular formula is C31H25IN2O4. The van der Waals surface area contributed by atoms with Crippen molar-refractivity contribution < 1.29 is 19.4 Å². The first-order chi connectivity index (χ1) is 18.4. The van der Waals surface area contributed by atoms with Crippen molar-refractivity contribution in [3.8, 4) is 5.75 Å². The minimum absolute atomic E-state index is 0.0635. The average molecular weight is 616 g/mol. The lowest BCUT2D eigenvalue weighted by Gasteiger charge is -2.25. The van der Waals surface area contributed by atoms with Gasteiger partial charge in [0, 0.05) is 28.1 Å². The van der Waals surface area contributed by atoms with Crippen molar-refractivity contribution in [3.63, 3.8) is 0 Å². The fourth-order valence-electron chi connectivity index (χ4n) is 4.56. The lowest BCUT2D eigenvalue weighted by Crippen LogP contribution is -2.29. The molecule has 1 saturated heterocycles. The number of benzene rings is 3. The number of aliphatic hydroxyl groups is 1. The minimum Gasteiger partial charge on any atom is -0.507 e. The van der Waals surface area contributed by atoms with Gasteiger partial charge in [0.25, 0.3) is 11.7 Å². The molecule has 38 heavy (non-hydrogen) atoms. The molecular weight excluding hydrogens is 591 g/mol. The predicted molar refractivity (Wildman–Crippen MR) is 153 cm³/mol. The maximum Gasteiger partial charge on any atom is 0.295 e. The second-order valence-corrected chi connectivity index (χ2v) is 10.4. The fraction of sp³-hybridized carbons (Fsp3) is 0.129. The van der Waals surface area contributed by atoms with Gasteiger partial charge in [-0.25, -0.2) is 0 Å². The number of rotatable bonds is 7. The van der Waals surface area contributed by atoms with Crippen LogP contribution in [-0.4, -0.2) is 26.7 Å². The Bertz CT molecular complexity index is 1500. The lowest BCUT2D eigenvalue weighted by molar-refractivity contribution is -0.140. The Hall–Kier alpha value is -3.98. The molecule has 1 aliphatic rings. The molecule has 1 aliphatic heterocycles. The number of nitrogens with zero attached hydrogens (tertiary/aromatic N) is 2. The average Bonchev–Trinajstić information content (AvgIpc) is 3.18. The standard InChI is InChI=1S/C31H25IN2O4/c1-20-4-2-5-21(16-20)19-38-26-13-9-24(10-14-26)29(35)27-28(23-7-11-25(32)12-8-23)34(31(37)30(27)36)18-22-6-3-15-33-17-22/h2-17,28,35H,18-19H2,1H3/b29-27+. The molecule has 1 atom stereocenters. The van der Waals surface area contributed by atoms with Crippen LogP contribution in [0.2, 0.25) is 0 Å². The van der Waals surface area contributed by atoms with Crippen molar-refractivity contribution in [2.75, 3.05) is 0 Å². The summed E-state index contributed by atoms with van der Waals surface area (Å²) in [6.45, 7) is 2.64. The molecule has 4 aromatic rings. The molecule has 0 saturated carbocycles. The number of aromatic nitrogens is 1. The minimum atomic E-state index is -0.732. The summed E-state index contributed by atoms with van der Waals surface area (Å²) in [5.74, 6) is -0.952. The first-order valence-electron chi connectivity index (χ1n) is 12.1. The Kier molecular flexibility index (Phi) is 7.55. The molecule has 1 unspecified atom stereocenters. The van der Waals surface area contributed by atoms with Gasteiger partial charge in [-0.15, -0.1) is 0 Å². The van der Waals surface area contributed by atoms with Crippen LogP contribution < -0.4 is 4.74 Å². The van der Waals surface area contributed by atoms with E-state index in [-0.39, 0.29) is 17.9 Å². The molecule has 1 N–H and O–H groups in total. The number of hydrogen-bond donors (Lipinski definition) is 1. The van der Waals surface area contributed by atoms with Crippen molar-refractivity contribution in [2.24, 2.45) is 0 Å². The quantitative estimate of drug-likeness (QED) is 0.116. The van der Waals surface area contributed by atoms with E-state index in [1.807, 2.05) is 55.5 Å². The predicted octanol–water partition coefficient (Wildman–Crippen LogP) is 6.20. The number of aryl methyl sites for hydroxylation is 1. The number of hydrogen-bond acceptors (Lipinski definition) is 5. The summed E-state index contributed by atoms with van der Waals surface area (Å²) in [6.07, 6.45) is 3.32. The van der Waals surface area contributed by atoms with E-state index in [0.29, 0.717) is 17.9 Å². The third kappa shape index (κ3) is 5.47. The molecule has 3 aromatic carbocycles. The Morgan fingerprint density at radius 1 is 0.974 bits per heavy atom. The van der Waals surface area contributed by atoms with E-state index in [1.54, 1.807) is 42.7 Å². The van der Waals surface area contributed by atoms with Crippen LogP contribution >= 0.6 is 22.6 Å². The maximum absolute atomic E-state index is 13.3. The molecule has 190 valence electrons. The Morgan fingerprint density at radius 3 is 2.39 bits per heavy atom. The number of amides is 1. The van der Waals surface area contributed by atoms with Gasteiger partial charge in [0.05, 0.1) is 11.6 Å². The van der Waals surface area contributed by atoms with E-state index < -0.39 is 17.7 Å². The van der Waals surface area contributed by atoms with Crippen LogP contribution in [0.25, 0.3) is 5.76 Å². The van der Waals surface area contributed by atoms with Crippen LogP contribution in [0.5, 0.6) is 5.75 Å². The molecule has 6 nitrogen and oxygen atoms in total. The fourth-order valence-corrected chi connectivity index (χ4v) is 4.92. The van der Waals surface area contributed by atoms with Crippen molar-refractivity contribution in [2.45, 2.75) is 26.1 Å². The second-order valence-electron chi connectivity index (χ2n) is 9.14. The largest absolute Gasteiger partial charge is 0.507 e. The highest BCUT2D eigenvalue weighted by Gasteiger charge is 2.46. The molecule has 1 amide bonds. The topological polar surface area (TPSA) is 79.7 Å². The van der Waals surface area contributed by atoms with Crippen molar-refractivity contribution in [1.29, 1.82) is 0 Å². The monoisotopic (exact) mass is 616 g/mol. The number of halogens is 1. The Morgan fingerprint density at radius 2 is 1.71 bits per heavy atom. The van der Waals surface area contributed by atoms with Crippen LogP contribution in [0, 0.1) is 10.5 Å². The molecule has 2 heterocycles. The number of likely N-dealkylation sites (tertiary alicyclic amines) is 1. The summed E-state index contributed by atoms with van der Waals surface area (Å²) in [7, 11) is 0. The van der Waals surface area contributed by atoms with E-state index in [1.165, 1.54) is 4.90 Å². The summed E-state index contributed by atoms with van der Waals surface area (Å²) in [6, 6.07) is 25.5. The van der Waals surface area contributed by atoms with Crippen molar-refractivity contribution >= 4 is 40.0 Å². The van der Waals surface area contributed by atoms with Crippen LogP contribution in [0.3, 0.4) is 0 Å². The highest BCUT2D eigenvalue weighted by atomic mass is 127. The van der Waals surface area contributed by atoms with Crippen LogP contribution in [0.15, 0.2) is 103 Å². The Labute approximate surface area is 234 Å². The van der Waals surface area contributed by atoms with E-state index in [0.717, 1.165) is 25.8 Å². The summed E-state index contributed by atoms with van der Waals surface area (Å²) in [5, 5.41) is 11.3. The number of carbonyl (C=O) groups excluding carboxylic acids is 2. The lowest BCUT2D eigenvalue weighted by atomic mass is 9.95. The van der Waals surface area contributed by atoms with Gasteiger partial charge in [0.1, 0.15) is 18.1 Å². The van der Waals surface area contributed by atoms with Gasteiger partial charge in [0.2, 0.25) is 0 Å². The van der Waals surface area contributed by atoms with Crippen molar-refractivity contribution in [1.82, 2.24) is 9.88 Å². The number of Topliss-reactive ketones (excluding diaryl/α,β-unsaturated/α-hetero) is 1. The van der Waals surface area contributed by atoms with Crippen molar-refractivity contribution in [3.05, 3.63) is 134 Å². The van der Waals surface area contributed by atoms with Gasteiger partial charge >= 0.3 is 0 Å². The number of ketones is 1. The van der Waals surface area contributed by atoms with Gasteiger partial charge < -0.3 is 14.7 Å². The van der Waals surface area contributed by atoms with Gasteiger partial charge in [-0.05, 0) is 88.7 Å². The first-order valence-corrected chi connectivity index (χ1v) is 13.2. The van der Waals surface area contributed by atoms with E-state index in [9.17, 15) is 14.7 Å². The van der Waals surface area contributed by atoms with E-state index in [2.05, 4.69) is 33.6 Å². The molecule has 0 aliphatic carbocycles. The molecule has 1 fully saturated rings. The van der Waals surface area contributed by atoms with Gasteiger partial charge in [-0.1, -0.05) is 48.0 Å². The second kappa shape index (κ2) is 11.2. The first kappa shape index (κ1) is 25.7. The van der Waals surface area contributed by atoms with Gasteiger partial charge in [0.15, 0.2) is 0 Å². The highest BCUT2D eigenvalue weighted by molar-refractivity contribution is 14.1. The summed E-state index contributed by atoms with van der Waals surface area (Å²) in [5.41, 5.74) is 4.25. The molecule has 0 spiro atoms. The highest BCUT2D eigenvalue weighted by Crippen LogP contribution is 2.40. The Balaban J connectivity index is 1.47. The molecule has 0 bridgehead atoms. The number of aliphatic hydroxyl groups excluding tert-OH is 1. The van der Waals surface area contributed by atoms with E-state index >= 15 is 0 Å². The van der Waals surface area contributed by atoms with E-state index in [4.69, 9.17) is 4.74 Å². The summed E-state index contributed by atoms with van der Waals surface area (Å²) < 4.78 is 6.92. The molecule has 0 radical (unpaired) electrons. The van der Waals surface area contributed by atoms with Crippen LogP contribution in [0.1, 0.15) is 33.9 Å². The van der Waals surface area contributed by atoms with Crippen LogP contribution in [-0.2, 0) is 22.7 Å². The number of pyridine rings is 1. The van der Waals surface area contributed by atoms with Gasteiger partial charge in [-0.2, -0.15) is 0 Å². The third-order valence-electron chi connectivity index (χ3n) is 6.42. The summed E-state index contributed by atoms with van der Waals surface area (Å²) >= 11 is 2.21. The summed E-state index contributed by atoms with van der Waals surface area (Å²) in [4.78, 5) is 32.1. The van der Waals surface area contributed by atoms with Gasteiger partial charge in [-0.3, -0.25) is 14.6 Å². The zero-order valence-electron chi connectivity index (χ0n) is 20.7. The third-order valence-corrected chi connectivity index (χ3v) is 7.14. The van der Waals surface area contributed by atoms with Crippen LogP contribution in [0.4, 0.5) is 0 Å².